The molecule has 0 fully saturated rings. The maximum absolute atomic E-state index is 5.03. The van der Waals surface area contributed by atoms with Gasteiger partial charge in [0.25, 0.3) is 0 Å². The molecule has 3 heteroatoms. The molecule has 0 heterocycles. The van der Waals surface area contributed by atoms with Crippen molar-refractivity contribution in [2.75, 3.05) is 0 Å². The minimum Gasteiger partial charge on any atom is -0.167 e. The van der Waals surface area contributed by atoms with Gasteiger partial charge in [0.1, 0.15) is 6.10 Å². The highest BCUT2D eigenvalue weighted by Crippen LogP contribution is 2.04. The molecule has 0 radical (unpaired) electrons. The second kappa shape index (κ2) is 4.63. The molecule has 0 rings (SSSR count). The van der Waals surface area contributed by atoms with Crippen LogP contribution in [0.5, 0.6) is 0 Å². The van der Waals surface area contributed by atoms with Gasteiger partial charge in [-0.2, -0.15) is 4.52 Å². The second-order valence-electron chi connectivity index (χ2n) is 1.42. The van der Waals surface area contributed by atoms with Crippen molar-refractivity contribution in [3.63, 3.8) is 0 Å². The minimum atomic E-state index is 0.228. The van der Waals surface area contributed by atoms with E-state index in [0.29, 0.717) is 6.10 Å². The smallest absolute Gasteiger partial charge is 0.167 e. The van der Waals surface area contributed by atoms with Crippen LogP contribution in [0.15, 0.2) is 0 Å². The molecule has 0 bridgehead atoms. The number of hydrogen-bond acceptors (Lipinski definition) is 2. The van der Waals surface area contributed by atoms with Gasteiger partial charge < -0.3 is 0 Å². The zero-order chi connectivity index (χ0) is 5.70. The predicted molar refractivity (Wildman–Crippen MR) is 36.5 cm³/mol. The van der Waals surface area contributed by atoms with E-state index in [2.05, 4.69) is 18.7 Å². The Bertz CT molecular complexity index is 57.7. The highest BCUT2D eigenvalue weighted by Gasteiger charge is 1.98. The molecule has 0 N–H and O–H groups in total. The average Bonchev–Trinajstić information content (AvgIpc) is 1.68. The zero-order valence-corrected chi connectivity index (χ0v) is 6.42. The fourth-order valence-electron chi connectivity index (χ4n) is 0.165. The highest BCUT2D eigenvalue weighted by atomic mass is 32.4. The van der Waals surface area contributed by atoms with Crippen LogP contribution in [0.2, 0.25) is 0 Å². The first-order chi connectivity index (χ1) is 3.31. The lowest BCUT2D eigenvalue weighted by molar-refractivity contribution is 0.256. The van der Waals surface area contributed by atoms with Gasteiger partial charge in [-0.25, -0.2) is 0 Å². The molecule has 7 heavy (non-hydrogen) atoms. The van der Waals surface area contributed by atoms with Crippen molar-refractivity contribution >= 4 is 19.4 Å². The Hall–Kier alpha value is 0.480. The Morgan fingerprint density at radius 1 is 1.86 bits per heavy atom. The Morgan fingerprint density at radius 3 is 2.57 bits per heavy atom. The first-order valence-corrected chi connectivity index (χ1v) is 4.38. The average molecular weight is 137 g/mol. The van der Waals surface area contributed by atoms with Crippen molar-refractivity contribution in [3.05, 3.63) is 0 Å². The summed E-state index contributed by atoms with van der Waals surface area (Å²) in [7, 11) is 0.228. The minimum absolute atomic E-state index is 0.228. The Kier molecular flexibility index (Phi) is 4.95. The largest absolute Gasteiger partial charge is 0.322 e. The van der Waals surface area contributed by atoms with Crippen LogP contribution < -0.4 is 0 Å². The van der Waals surface area contributed by atoms with Gasteiger partial charge in [-0.05, 0) is 13.3 Å². The molecule has 2 atom stereocenters. The van der Waals surface area contributed by atoms with E-state index >= 15 is 0 Å². The molecule has 0 aliphatic heterocycles. The van der Waals surface area contributed by atoms with Crippen LogP contribution in [0.4, 0.5) is 0 Å². The third-order valence-corrected chi connectivity index (χ3v) is 1.61. The van der Waals surface area contributed by atoms with E-state index in [1.54, 1.807) is 0 Å². The van der Waals surface area contributed by atoms with Crippen molar-refractivity contribution in [2.24, 2.45) is 0 Å². The van der Waals surface area contributed by atoms with Crippen LogP contribution in [0.1, 0.15) is 20.3 Å². The number of hydrogen-bond donors (Lipinski definition) is 0. The van der Waals surface area contributed by atoms with Gasteiger partial charge in [0.2, 0.25) is 0 Å². The van der Waals surface area contributed by atoms with Gasteiger partial charge >= 0.3 is 7.58 Å². The monoisotopic (exact) mass is 137 g/mol. The van der Waals surface area contributed by atoms with Gasteiger partial charge in [-0.15, -0.1) is 0 Å². The Labute approximate surface area is 51.0 Å². The third-order valence-electron chi connectivity index (χ3n) is 0.824. The first kappa shape index (κ1) is 7.48. The summed E-state index contributed by atoms with van der Waals surface area (Å²) < 4.78 is 5.03. The molecule has 0 aliphatic rings. The highest BCUT2D eigenvalue weighted by molar-refractivity contribution is 7.94. The van der Waals surface area contributed by atoms with Crippen LogP contribution in [0.25, 0.3) is 0 Å². The summed E-state index contributed by atoms with van der Waals surface area (Å²) >= 11 is 4.60. The fourth-order valence-corrected chi connectivity index (χ4v) is 0.989. The zero-order valence-electron chi connectivity index (χ0n) is 4.60. The van der Waals surface area contributed by atoms with Gasteiger partial charge in [0.15, 0.2) is 11.8 Å². The van der Waals surface area contributed by atoms with Crippen molar-refractivity contribution in [2.45, 2.75) is 26.4 Å². The molecule has 0 aromatic rings. The lowest BCUT2D eigenvalue weighted by atomic mass is 10.3. The van der Waals surface area contributed by atoms with Gasteiger partial charge in [-0.1, -0.05) is 6.92 Å². The topological polar surface area (TPSA) is 9.23 Å². The first-order valence-electron chi connectivity index (χ1n) is 2.34. The van der Waals surface area contributed by atoms with E-state index in [0.717, 1.165) is 6.42 Å². The van der Waals surface area contributed by atoms with Crippen LogP contribution in [0.3, 0.4) is 0 Å². The SMILES string of the molecule is CCC(C)O[PH+]=S. The van der Waals surface area contributed by atoms with E-state index in [1.165, 1.54) is 0 Å². The summed E-state index contributed by atoms with van der Waals surface area (Å²) in [5.41, 5.74) is 0. The summed E-state index contributed by atoms with van der Waals surface area (Å²) in [6.07, 6.45) is 1.42. The van der Waals surface area contributed by atoms with Crippen LogP contribution in [0, 0.1) is 0 Å². The molecule has 0 saturated heterocycles. The summed E-state index contributed by atoms with van der Waals surface area (Å²) in [5.74, 6) is 0. The van der Waals surface area contributed by atoms with E-state index in [4.69, 9.17) is 4.52 Å². The summed E-state index contributed by atoms with van der Waals surface area (Å²) in [6, 6.07) is 0. The molecule has 0 spiro atoms. The van der Waals surface area contributed by atoms with Gasteiger partial charge in [0, 0.05) is 0 Å². The van der Waals surface area contributed by atoms with E-state index in [-0.39, 0.29) is 7.58 Å². The Balaban J connectivity index is 2.98. The van der Waals surface area contributed by atoms with Crippen molar-refractivity contribution < 1.29 is 4.52 Å². The maximum Gasteiger partial charge on any atom is 0.322 e. The van der Waals surface area contributed by atoms with Gasteiger partial charge in [-0.3, -0.25) is 0 Å². The molecule has 2 unspecified atom stereocenters. The third kappa shape index (κ3) is 4.33. The normalized spacial score (nSPS) is 14.6. The second-order valence-corrected chi connectivity index (χ2v) is 2.32. The molecule has 0 saturated carbocycles. The van der Waals surface area contributed by atoms with Crippen LogP contribution in [-0.2, 0) is 16.3 Å². The lowest BCUT2D eigenvalue weighted by Gasteiger charge is -1.93. The van der Waals surface area contributed by atoms with E-state index < -0.39 is 0 Å². The van der Waals surface area contributed by atoms with E-state index in [1.807, 2.05) is 6.92 Å². The Morgan fingerprint density at radius 2 is 2.43 bits per heavy atom. The van der Waals surface area contributed by atoms with Crippen LogP contribution in [-0.4, -0.2) is 6.10 Å². The van der Waals surface area contributed by atoms with Crippen molar-refractivity contribution in [1.82, 2.24) is 0 Å². The molecule has 0 amide bonds. The van der Waals surface area contributed by atoms with Crippen molar-refractivity contribution in [1.29, 1.82) is 0 Å². The van der Waals surface area contributed by atoms with Crippen LogP contribution >= 0.6 is 7.58 Å². The quantitative estimate of drug-likeness (QED) is 0.549. The summed E-state index contributed by atoms with van der Waals surface area (Å²) in [5, 5.41) is 0. The van der Waals surface area contributed by atoms with Gasteiger partial charge in [0.05, 0.1) is 0 Å². The molecule has 42 valence electrons. The molecule has 0 aromatic heterocycles. The standard InChI is InChI=1S/C4H9OPS/c1-3-4(2)5-6-7/h4H,3H2,1-2H3/p+1. The molecular weight excluding hydrogens is 127 g/mol. The molecule has 0 aliphatic carbocycles. The lowest BCUT2D eigenvalue weighted by Crippen LogP contribution is -1.96. The number of rotatable bonds is 3. The van der Waals surface area contributed by atoms with E-state index in [9.17, 15) is 0 Å². The summed E-state index contributed by atoms with van der Waals surface area (Å²) in [4.78, 5) is 0. The maximum atomic E-state index is 5.03. The molecule has 1 nitrogen and oxygen atoms in total. The fraction of sp³-hybridized carbons (Fsp3) is 1.00. The molecular formula is C4H10OPS+. The molecule has 0 aromatic carbocycles. The van der Waals surface area contributed by atoms with Crippen molar-refractivity contribution in [3.8, 4) is 0 Å². The predicted octanol–water partition coefficient (Wildman–Crippen LogP) is 1.86. The summed E-state index contributed by atoms with van der Waals surface area (Å²) in [6.45, 7) is 4.11.